The highest BCUT2D eigenvalue weighted by molar-refractivity contribution is 5.39. The summed E-state index contributed by atoms with van der Waals surface area (Å²) in [7, 11) is 4.03. The van der Waals surface area contributed by atoms with Crippen molar-refractivity contribution in [2.45, 2.75) is 6.54 Å². The number of quaternary nitrogens is 1. The van der Waals surface area contributed by atoms with Crippen LogP contribution in [0.25, 0.3) is 0 Å². The van der Waals surface area contributed by atoms with Crippen LogP contribution in [0.15, 0.2) is 24.3 Å². The van der Waals surface area contributed by atoms with Gasteiger partial charge in [0.25, 0.3) is 5.69 Å². The van der Waals surface area contributed by atoms with Crippen LogP contribution in [0.1, 0.15) is 5.56 Å². The summed E-state index contributed by atoms with van der Waals surface area (Å²) >= 11 is 0. The molecule has 0 aliphatic heterocycles. The highest BCUT2D eigenvalue weighted by Gasteiger charge is 2.21. The molecule has 0 aromatic heterocycles. The predicted molar refractivity (Wildman–Crippen MR) is 62.8 cm³/mol. The number of nitrogens with zero attached hydrogens (tertiary/aromatic N) is 2. The van der Waals surface area contributed by atoms with Gasteiger partial charge in [0.1, 0.15) is 6.54 Å². The van der Waals surface area contributed by atoms with E-state index >= 15 is 0 Å². The molecule has 2 N–H and O–H groups in total. The van der Waals surface area contributed by atoms with E-state index in [0.29, 0.717) is 17.6 Å². The number of nitro benzene ring substituents is 1. The molecule has 0 aliphatic carbocycles. The molecule has 0 aliphatic rings. The molecule has 1 aromatic rings. The summed E-state index contributed by atoms with van der Waals surface area (Å²) in [5.41, 5.74) is 6.46. The van der Waals surface area contributed by atoms with Gasteiger partial charge in [-0.15, -0.1) is 0 Å². The van der Waals surface area contributed by atoms with Crippen molar-refractivity contribution < 1.29 is 9.41 Å². The van der Waals surface area contributed by atoms with Gasteiger partial charge in [0, 0.05) is 12.6 Å². The Morgan fingerprint density at radius 2 is 2.00 bits per heavy atom. The van der Waals surface area contributed by atoms with E-state index in [1.165, 1.54) is 6.07 Å². The summed E-state index contributed by atoms with van der Waals surface area (Å²) in [5.74, 6) is 0. The third-order valence-electron chi connectivity index (χ3n) is 2.52. The van der Waals surface area contributed by atoms with E-state index in [1.54, 1.807) is 12.1 Å². The molecule has 16 heavy (non-hydrogen) atoms. The Kier molecular flexibility index (Phi) is 3.98. The highest BCUT2D eigenvalue weighted by atomic mass is 16.6. The molecule has 0 radical (unpaired) electrons. The van der Waals surface area contributed by atoms with E-state index in [1.807, 2.05) is 20.2 Å². The van der Waals surface area contributed by atoms with Crippen molar-refractivity contribution in [2.75, 3.05) is 27.2 Å². The molecule has 0 fully saturated rings. The second-order valence-corrected chi connectivity index (χ2v) is 4.49. The number of nitrogens with two attached hydrogens (primary N) is 1. The molecule has 1 rings (SSSR count). The van der Waals surface area contributed by atoms with Crippen molar-refractivity contribution >= 4 is 5.69 Å². The summed E-state index contributed by atoms with van der Waals surface area (Å²) in [6, 6.07) is 6.85. The van der Waals surface area contributed by atoms with E-state index < -0.39 is 0 Å². The van der Waals surface area contributed by atoms with Crippen LogP contribution in [0.2, 0.25) is 0 Å². The molecular weight excluding hydrogens is 206 g/mol. The van der Waals surface area contributed by atoms with Gasteiger partial charge in [0.15, 0.2) is 0 Å². The number of likely N-dealkylation sites (N-methyl/N-ethyl adjacent to an activating group) is 1. The van der Waals surface area contributed by atoms with E-state index in [9.17, 15) is 10.1 Å². The fourth-order valence-corrected chi connectivity index (χ4v) is 1.71. The largest absolute Gasteiger partial charge is 0.326 e. The molecule has 0 amide bonds. The summed E-state index contributed by atoms with van der Waals surface area (Å²) in [6.07, 6.45) is 0. The van der Waals surface area contributed by atoms with Gasteiger partial charge < -0.3 is 10.2 Å². The van der Waals surface area contributed by atoms with Gasteiger partial charge in [0.05, 0.1) is 31.1 Å². The summed E-state index contributed by atoms with van der Waals surface area (Å²) in [5, 5.41) is 10.8. The molecular formula is C11H18N3O2+. The third-order valence-corrected chi connectivity index (χ3v) is 2.52. The zero-order valence-corrected chi connectivity index (χ0v) is 9.72. The lowest BCUT2D eigenvalue weighted by Gasteiger charge is -2.29. The zero-order valence-electron chi connectivity index (χ0n) is 9.72. The van der Waals surface area contributed by atoms with Crippen LogP contribution < -0.4 is 5.73 Å². The van der Waals surface area contributed by atoms with E-state index in [0.717, 1.165) is 12.1 Å². The first-order valence-electron chi connectivity index (χ1n) is 5.20. The number of hydrogen-bond acceptors (Lipinski definition) is 3. The molecule has 0 unspecified atom stereocenters. The molecule has 0 saturated heterocycles. The zero-order chi connectivity index (χ0) is 12.2. The second-order valence-electron chi connectivity index (χ2n) is 4.49. The number of para-hydroxylation sites is 1. The quantitative estimate of drug-likeness (QED) is 0.463. The first-order valence-corrected chi connectivity index (χ1v) is 5.20. The minimum absolute atomic E-state index is 0.186. The van der Waals surface area contributed by atoms with E-state index in [4.69, 9.17) is 5.73 Å². The molecule has 5 nitrogen and oxygen atoms in total. The van der Waals surface area contributed by atoms with Crippen LogP contribution in [-0.4, -0.2) is 36.6 Å². The minimum atomic E-state index is -0.336. The van der Waals surface area contributed by atoms with Gasteiger partial charge in [-0.1, -0.05) is 12.1 Å². The number of nitro groups is 1. The monoisotopic (exact) mass is 224 g/mol. The van der Waals surface area contributed by atoms with E-state index in [2.05, 4.69) is 0 Å². The smallest absolute Gasteiger partial charge is 0.278 e. The fourth-order valence-electron chi connectivity index (χ4n) is 1.71. The molecule has 0 spiro atoms. The molecule has 5 heteroatoms. The fraction of sp³-hybridized carbons (Fsp3) is 0.455. The Hall–Kier alpha value is -1.46. The van der Waals surface area contributed by atoms with Crippen LogP contribution in [-0.2, 0) is 6.54 Å². The Morgan fingerprint density at radius 3 is 2.56 bits per heavy atom. The SMILES string of the molecule is C[N+](C)(CCN)Cc1ccccc1[N+](=O)[O-]. The summed E-state index contributed by atoms with van der Waals surface area (Å²) in [4.78, 5) is 10.5. The lowest BCUT2D eigenvalue weighted by molar-refractivity contribution is -0.902. The van der Waals surface area contributed by atoms with Gasteiger partial charge in [-0.2, -0.15) is 0 Å². The second kappa shape index (κ2) is 5.05. The van der Waals surface area contributed by atoms with Crippen molar-refractivity contribution in [3.05, 3.63) is 39.9 Å². The topological polar surface area (TPSA) is 69.2 Å². The van der Waals surface area contributed by atoms with E-state index in [-0.39, 0.29) is 10.6 Å². The molecule has 0 heterocycles. The number of hydrogen-bond donors (Lipinski definition) is 1. The number of benzene rings is 1. The Bertz CT molecular complexity index is 377. The van der Waals surface area contributed by atoms with Crippen LogP contribution >= 0.6 is 0 Å². The maximum Gasteiger partial charge on any atom is 0.278 e. The van der Waals surface area contributed by atoms with Crippen LogP contribution in [0.4, 0.5) is 5.69 Å². The third kappa shape index (κ3) is 3.29. The lowest BCUT2D eigenvalue weighted by atomic mass is 10.1. The van der Waals surface area contributed by atoms with Crippen LogP contribution in [0.5, 0.6) is 0 Å². The van der Waals surface area contributed by atoms with Crippen molar-refractivity contribution in [1.82, 2.24) is 0 Å². The predicted octanol–water partition coefficient (Wildman–Crippen LogP) is 1.13. The van der Waals surface area contributed by atoms with Gasteiger partial charge in [-0.3, -0.25) is 10.1 Å². The summed E-state index contributed by atoms with van der Waals surface area (Å²) in [6.45, 7) is 1.99. The van der Waals surface area contributed by atoms with Crippen LogP contribution in [0.3, 0.4) is 0 Å². The number of rotatable bonds is 5. The van der Waals surface area contributed by atoms with Gasteiger partial charge in [-0.05, 0) is 6.07 Å². The van der Waals surface area contributed by atoms with Crippen molar-refractivity contribution in [3.63, 3.8) is 0 Å². The summed E-state index contributed by atoms with van der Waals surface area (Å²) < 4.78 is 0.654. The average Bonchev–Trinajstić information content (AvgIpc) is 2.17. The highest BCUT2D eigenvalue weighted by Crippen LogP contribution is 2.20. The maximum atomic E-state index is 10.8. The van der Waals surface area contributed by atoms with Gasteiger partial charge in [0.2, 0.25) is 0 Å². The molecule has 0 saturated carbocycles. The minimum Gasteiger partial charge on any atom is -0.326 e. The lowest BCUT2D eigenvalue weighted by Crippen LogP contribution is -2.42. The molecule has 0 bridgehead atoms. The molecule has 0 atom stereocenters. The Balaban J connectivity index is 2.92. The Morgan fingerprint density at radius 1 is 1.38 bits per heavy atom. The first kappa shape index (κ1) is 12.6. The standard InChI is InChI=1S/C11H18N3O2/c1-14(2,8-7-12)9-10-5-3-4-6-11(10)13(15)16/h3-6H,7-9,12H2,1-2H3/q+1. The van der Waals surface area contributed by atoms with Crippen molar-refractivity contribution in [3.8, 4) is 0 Å². The maximum absolute atomic E-state index is 10.8. The first-order chi connectivity index (χ1) is 7.46. The van der Waals surface area contributed by atoms with Crippen molar-refractivity contribution in [2.24, 2.45) is 5.73 Å². The normalized spacial score (nSPS) is 11.4. The van der Waals surface area contributed by atoms with Crippen LogP contribution in [0, 0.1) is 10.1 Å². The van der Waals surface area contributed by atoms with Gasteiger partial charge >= 0.3 is 0 Å². The Labute approximate surface area is 95.2 Å². The average molecular weight is 224 g/mol. The van der Waals surface area contributed by atoms with Gasteiger partial charge in [-0.25, -0.2) is 0 Å². The molecule has 88 valence electrons. The van der Waals surface area contributed by atoms with Crippen molar-refractivity contribution in [1.29, 1.82) is 0 Å². The molecule has 1 aromatic carbocycles.